The zero-order chi connectivity index (χ0) is 17.3. The molecule has 0 saturated carbocycles. The minimum absolute atomic E-state index is 0.00893. The fourth-order valence-electron chi connectivity index (χ4n) is 2.83. The number of rotatable bonds is 2. The van der Waals surface area contributed by atoms with E-state index < -0.39 is 5.82 Å². The Morgan fingerprint density at radius 2 is 2.17 bits per heavy atom. The highest BCUT2D eigenvalue weighted by molar-refractivity contribution is 5.89. The van der Waals surface area contributed by atoms with Crippen LogP contribution in [0.3, 0.4) is 0 Å². The van der Waals surface area contributed by atoms with Crippen LogP contribution in [0.2, 0.25) is 0 Å². The van der Waals surface area contributed by atoms with Crippen molar-refractivity contribution in [1.82, 2.24) is 14.7 Å². The molecule has 0 bridgehead atoms. The molecule has 2 heterocycles. The summed E-state index contributed by atoms with van der Waals surface area (Å²) in [5, 5.41) is 7.01. The fraction of sp³-hybridized carbons (Fsp3) is 0.412. The van der Waals surface area contributed by atoms with E-state index in [2.05, 4.69) is 10.4 Å². The molecule has 2 aromatic rings. The van der Waals surface area contributed by atoms with Crippen LogP contribution in [0.4, 0.5) is 14.9 Å². The molecular weight excluding hydrogens is 311 g/mol. The summed E-state index contributed by atoms with van der Waals surface area (Å²) in [5.41, 5.74) is 2.46. The molecule has 6 nitrogen and oxygen atoms in total. The summed E-state index contributed by atoms with van der Waals surface area (Å²) in [4.78, 5) is 13.9. The molecule has 0 radical (unpaired) electrons. The van der Waals surface area contributed by atoms with Crippen molar-refractivity contribution < 1.29 is 13.9 Å². The normalized spacial score (nSPS) is 17.8. The Kier molecular flexibility index (Phi) is 4.53. The largest absolute Gasteiger partial charge is 0.375 e. The Bertz CT molecular complexity index is 759. The van der Waals surface area contributed by atoms with E-state index in [1.807, 2.05) is 26.8 Å². The van der Waals surface area contributed by atoms with E-state index in [9.17, 15) is 9.18 Å². The number of urea groups is 1. The van der Waals surface area contributed by atoms with Gasteiger partial charge in [0.05, 0.1) is 18.4 Å². The van der Waals surface area contributed by atoms with E-state index in [-0.39, 0.29) is 12.1 Å². The zero-order valence-electron chi connectivity index (χ0n) is 14.0. The highest BCUT2D eigenvalue weighted by Crippen LogP contribution is 2.20. The third-order valence-corrected chi connectivity index (χ3v) is 3.97. The van der Waals surface area contributed by atoms with Crippen molar-refractivity contribution in [3.63, 3.8) is 0 Å². The van der Waals surface area contributed by atoms with E-state index in [1.165, 1.54) is 6.07 Å². The maximum absolute atomic E-state index is 14.4. The molecule has 1 atom stereocenters. The number of hydrogen-bond acceptors (Lipinski definition) is 3. The standard InChI is InChI=1S/C17H21FN4O2/c1-11-8-12(2)22(20-11)16-5-4-14(9-15(16)18)19-17(23)21-6-7-24-13(3)10-21/h4-5,8-9,13H,6-7,10H2,1-3H3,(H,19,23). The fourth-order valence-corrected chi connectivity index (χ4v) is 2.83. The molecule has 1 N–H and O–H groups in total. The summed E-state index contributed by atoms with van der Waals surface area (Å²) in [7, 11) is 0. The van der Waals surface area contributed by atoms with Gasteiger partial charge in [-0.3, -0.25) is 0 Å². The first-order chi connectivity index (χ1) is 11.4. The van der Waals surface area contributed by atoms with Crippen LogP contribution in [0.15, 0.2) is 24.3 Å². The van der Waals surface area contributed by atoms with Gasteiger partial charge in [0.1, 0.15) is 5.69 Å². The summed E-state index contributed by atoms with van der Waals surface area (Å²) in [5.74, 6) is -0.436. The summed E-state index contributed by atoms with van der Waals surface area (Å²) >= 11 is 0. The quantitative estimate of drug-likeness (QED) is 0.920. The van der Waals surface area contributed by atoms with E-state index in [0.717, 1.165) is 11.4 Å². The Balaban J connectivity index is 1.75. The van der Waals surface area contributed by atoms with Gasteiger partial charge in [0, 0.05) is 24.5 Å². The first-order valence-electron chi connectivity index (χ1n) is 7.95. The average molecular weight is 332 g/mol. The van der Waals surface area contributed by atoms with Crippen molar-refractivity contribution >= 4 is 11.7 Å². The number of carbonyl (C=O) groups is 1. The van der Waals surface area contributed by atoms with Gasteiger partial charge in [-0.25, -0.2) is 13.9 Å². The highest BCUT2D eigenvalue weighted by Gasteiger charge is 2.21. The maximum atomic E-state index is 14.4. The average Bonchev–Trinajstić information content (AvgIpc) is 2.86. The van der Waals surface area contributed by atoms with E-state index in [0.29, 0.717) is 31.1 Å². The van der Waals surface area contributed by atoms with Gasteiger partial charge in [0.15, 0.2) is 5.82 Å². The second kappa shape index (κ2) is 6.60. The van der Waals surface area contributed by atoms with Crippen LogP contribution in [0.5, 0.6) is 0 Å². The molecule has 1 aromatic carbocycles. The third kappa shape index (κ3) is 3.41. The van der Waals surface area contributed by atoms with Crippen molar-refractivity contribution in [2.24, 2.45) is 0 Å². The number of hydrogen-bond donors (Lipinski definition) is 1. The second-order valence-electron chi connectivity index (χ2n) is 6.06. The van der Waals surface area contributed by atoms with Gasteiger partial charge in [-0.05, 0) is 45.0 Å². The number of aromatic nitrogens is 2. The number of ether oxygens (including phenoxy) is 1. The summed E-state index contributed by atoms with van der Waals surface area (Å²) in [6.45, 7) is 7.22. The third-order valence-electron chi connectivity index (χ3n) is 3.97. The number of carbonyl (C=O) groups excluding carboxylic acids is 1. The molecule has 1 aromatic heterocycles. The van der Waals surface area contributed by atoms with E-state index in [4.69, 9.17) is 4.74 Å². The second-order valence-corrected chi connectivity index (χ2v) is 6.06. The van der Waals surface area contributed by atoms with Crippen LogP contribution in [0, 0.1) is 19.7 Å². The molecule has 3 rings (SSSR count). The molecule has 128 valence electrons. The molecule has 7 heteroatoms. The number of morpholine rings is 1. The molecule has 1 aliphatic heterocycles. The molecule has 1 unspecified atom stereocenters. The number of amides is 2. The van der Waals surface area contributed by atoms with E-state index in [1.54, 1.807) is 21.7 Å². The zero-order valence-corrected chi connectivity index (χ0v) is 14.0. The van der Waals surface area contributed by atoms with Gasteiger partial charge >= 0.3 is 6.03 Å². The molecule has 0 aliphatic carbocycles. The van der Waals surface area contributed by atoms with Crippen molar-refractivity contribution in [3.05, 3.63) is 41.5 Å². The number of benzene rings is 1. The maximum Gasteiger partial charge on any atom is 0.322 e. The minimum Gasteiger partial charge on any atom is -0.375 e. The van der Waals surface area contributed by atoms with E-state index >= 15 is 0 Å². The van der Waals surface area contributed by atoms with Crippen LogP contribution in [-0.2, 0) is 4.74 Å². The van der Waals surface area contributed by atoms with Crippen molar-refractivity contribution in [2.45, 2.75) is 26.9 Å². The number of halogens is 1. The Morgan fingerprint density at radius 1 is 1.38 bits per heavy atom. The molecule has 24 heavy (non-hydrogen) atoms. The topological polar surface area (TPSA) is 59.4 Å². The van der Waals surface area contributed by atoms with Crippen molar-refractivity contribution in [1.29, 1.82) is 0 Å². The summed E-state index contributed by atoms with van der Waals surface area (Å²) < 4.78 is 21.4. The molecular formula is C17H21FN4O2. The Morgan fingerprint density at radius 3 is 2.79 bits per heavy atom. The number of nitrogens with zero attached hydrogens (tertiary/aromatic N) is 3. The smallest absolute Gasteiger partial charge is 0.322 e. The predicted octanol–water partition coefficient (Wildman–Crippen LogP) is 2.88. The predicted molar refractivity (Wildman–Crippen MR) is 89.0 cm³/mol. The van der Waals surface area contributed by atoms with Crippen molar-refractivity contribution in [2.75, 3.05) is 25.0 Å². The number of aryl methyl sites for hydroxylation is 2. The Hall–Kier alpha value is -2.41. The monoisotopic (exact) mass is 332 g/mol. The molecule has 0 spiro atoms. The molecule has 2 amide bonds. The van der Waals surface area contributed by atoms with Crippen LogP contribution >= 0.6 is 0 Å². The number of nitrogens with one attached hydrogen (secondary N) is 1. The minimum atomic E-state index is -0.436. The van der Waals surface area contributed by atoms with Crippen LogP contribution in [0.1, 0.15) is 18.3 Å². The van der Waals surface area contributed by atoms with Crippen LogP contribution in [0.25, 0.3) is 5.69 Å². The molecule has 1 aliphatic rings. The lowest BCUT2D eigenvalue weighted by atomic mass is 10.2. The summed E-state index contributed by atoms with van der Waals surface area (Å²) in [6, 6.07) is 6.24. The molecule has 1 fully saturated rings. The van der Waals surface area contributed by atoms with Gasteiger partial charge in [-0.1, -0.05) is 0 Å². The number of anilines is 1. The van der Waals surface area contributed by atoms with Gasteiger partial charge < -0.3 is 15.0 Å². The van der Waals surface area contributed by atoms with Gasteiger partial charge in [0.25, 0.3) is 0 Å². The van der Waals surface area contributed by atoms with Gasteiger partial charge in [-0.15, -0.1) is 0 Å². The lowest BCUT2D eigenvalue weighted by molar-refractivity contribution is -0.00138. The lowest BCUT2D eigenvalue weighted by Gasteiger charge is -2.31. The first kappa shape index (κ1) is 16.4. The highest BCUT2D eigenvalue weighted by atomic mass is 19.1. The lowest BCUT2D eigenvalue weighted by Crippen LogP contribution is -2.46. The van der Waals surface area contributed by atoms with Crippen LogP contribution in [-0.4, -0.2) is 46.5 Å². The van der Waals surface area contributed by atoms with Gasteiger partial charge in [-0.2, -0.15) is 5.10 Å². The SMILES string of the molecule is Cc1cc(C)n(-c2ccc(NC(=O)N3CCOC(C)C3)cc2F)n1. The van der Waals surface area contributed by atoms with Crippen LogP contribution < -0.4 is 5.32 Å². The van der Waals surface area contributed by atoms with Crippen molar-refractivity contribution in [3.8, 4) is 5.69 Å². The molecule has 1 saturated heterocycles. The summed E-state index contributed by atoms with van der Waals surface area (Å²) in [6.07, 6.45) is 0.00893. The first-order valence-corrected chi connectivity index (χ1v) is 7.95. The van der Waals surface area contributed by atoms with Gasteiger partial charge in [0.2, 0.25) is 0 Å². The Labute approximate surface area is 140 Å².